The van der Waals surface area contributed by atoms with E-state index in [1.807, 2.05) is 25.1 Å². The number of H-pyrrole nitrogens is 1. The number of nitrogens with two attached hydrogens (primary N) is 1. The van der Waals surface area contributed by atoms with E-state index < -0.39 is 6.03 Å². The van der Waals surface area contributed by atoms with E-state index in [0.29, 0.717) is 5.56 Å². The van der Waals surface area contributed by atoms with E-state index in [4.69, 9.17) is 5.73 Å². The molecule has 98 valence electrons. The van der Waals surface area contributed by atoms with Gasteiger partial charge in [-0.05, 0) is 24.6 Å². The molecule has 0 bridgehead atoms. The molecule has 0 unspecified atom stereocenters. The van der Waals surface area contributed by atoms with Crippen LogP contribution in [0.5, 0.6) is 0 Å². The number of rotatable bonds is 3. The van der Waals surface area contributed by atoms with Gasteiger partial charge >= 0.3 is 6.03 Å². The summed E-state index contributed by atoms with van der Waals surface area (Å²) < 4.78 is 0. The van der Waals surface area contributed by atoms with Crippen LogP contribution in [0.25, 0.3) is 0 Å². The summed E-state index contributed by atoms with van der Waals surface area (Å²) in [4.78, 5) is 25.7. The fourth-order valence-corrected chi connectivity index (χ4v) is 1.69. The highest BCUT2D eigenvalue weighted by Crippen LogP contribution is 2.18. The highest BCUT2D eigenvalue weighted by molar-refractivity contribution is 6.09. The molecule has 0 atom stereocenters. The van der Waals surface area contributed by atoms with Crippen molar-refractivity contribution in [2.24, 2.45) is 5.73 Å². The topological polar surface area (TPSA) is 100 Å². The summed E-state index contributed by atoms with van der Waals surface area (Å²) in [5, 5.41) is 5.13. The second kappa shape index (κ2) is 5.26. The predicted octanol–water partition coefficient (Wildman–Crippen LogP) is 2.07. The van der Waals surface area contributed by atoms with E-state index in [2.05, 4.69) is 15.6 Å². The molecule has 0 spiro atoms. The van der Waals surface area contributed by atoms with Gasteiger partial charge in [0.15, 0.2) is 0 Å². The highest BCUT2D eigenvalue weighted by Gasteiger charge is 2.14. The lowest BCUT2D eigenvalue weighted by Gasteiger charge is -2.08. The second-order valence-electron chi connectivity index (χ2n) is 4.02. The number of amides is 3. The molecule has 19 heavy (non-hydrogen) atoms. The summed E-state index contributed by atoms with van der Waals surface area (Å²) in [5.74, 6) is -0.0436. The first-order valence-corrected chi connectivity index (χ1v) is 5.68. The number of aromatic nitrogens is 1. The number of carbonyl (C=O) groups is 2. The molecule has 5 N–H and O–H groups in total. The van der Waals surface area contributed by atoms with E-state index >= 15 is 0 Å². The lowest BCUT2D eigenvalue weighted by atomic mass is 10.2. The van der Waals surface area contributed by atoms with Gasteiger partial charge in [0.1, 0.15) is 5.82 Å². The maximum atomic E-state index is 12.1. The van der Waals surface area contributed by atoms with Crippen molar-refractivity contribution in [2.45, 2.75) is 6.92 Å². The van der Waals surface area contributed by atoms with Crippen LogP contribution in [0.4, 0.5) is 16.3 Å². The van der Waals surface area contributed by atoms with Gasteiger partial charge in [-0.2, -0.15) is 0 Å². The van der Waals surface area contributed by atoms with Gasteiger partial charge in [-0.25, -0.2) is 4.79 Å². The normalized spacial score (nSPS) is 9.95. The molecule has 1 heterocycles. The first-order valence-electron chi connectivity index (χ1n) is 5.68. The minimum Gasteiger partial charge on any atom is -0.351 e. The molecule has 2 rings (SSSR count). The van der Waals surface area contributed by atoms with Crippen molar-refractivity contribution < 1.29 is 9.59 Å². The van der Waals surface area contributed by atoms with Gasteiger partial charge in [-0.1, -0.05) is 18.2 Å². The van der Waals surface area contributed by atoms with Crippen molar-refractivity contribution in [1.29, 1.82) is 0 Å². The molecule has 0 aliphatic carbocycles. The summed E-state index contributed by atoms with van der Waals surface area (Å²) in [7, 11) is 0. The summed E-state index contributed by atoms with van der Waals surface area (Å²) in [6.45, 7) is 1.90. The minimum atomic E-state index is -0.729. The third-order valence-electron chi connectivity index (χ3n) is 2.63. The third-order valence-corrected chi connectivity index (χ3v) is 2.63. The zero-order chi connectivity index (χ0) is 13.8. The zero-order valence-electron chi connectivity index (χ0n) is 10.4. The number of hydrogen-bond donors (Lipinski definition) is 4. The number of anilines is 2. The van der Waals surface area contributed by atoms with E-state index in [0.717, 1.165) is 11.3 Å². The molecular formula is C13H14N4O2. The van der Waals surface area contributed by atoms with Crippen molar-refractivity contribution in [3.05, 3.63) is 47.7 Å². The van der Waals surface area contributed by atoms with Crippen molar-refractivity contribution >= 4 is 23.4 Å². The van der Waals surface area contributed by atoms with Crippen LogP contribution in [-0.4, -0.2) is 16.9 Å². The Morgan fingerprint density at radius 2 is 1.89 bits per heavy atom. The monoisotopic (exact) mass is 258 g/mol. The quantitative estimate of drug-likeness (QED) is 0.677. The molecule has 1 aromatic heterocycles. The average Bonchev–Trinajstić information content (AvgIpc) is 2.79. The molecule has 0 radical (unpaired) electrons. The van der Waals surface area contributed by atoms with Crippen LogP contribution < -0.4 is 16.4 Å². The molecule has 2 aromatic rings. The average molecular weight is 258 g/mol. The Labute approximate surface area is 110 Å². The number of hydrogen-bond acceptors (Lipinski definition) is 2. The van der Waals surface area contributed by atoms with Crippen LogP contribution in [0.2, 0.25) is 0 Å². The van der Waals surface area contributed by atoms with Crippen molar-refractivity contribution in [2.75, 3.05) is 10.6 Å². The smallest absolute Gasteiger partial charge is 0.317 e. The van der Waals surface area contributed by atoms with E-state index in [1.54, 1.807) is 18.3 Å². The van der Waals surface area contributed by atoms with E-state index in [-0.39, 0.29) is 11.7 Å². The third kappa shape index (κ3) is 2.92. The number of carbonyl (C=O) groups excluding carboxylic acids is 2. The van der Waals surface area contributed by atoms with Gasteiger partial charge in [0.25, 0.3) is 5.91 Å². The van der Waals surface area contributed by atoms with Crippen molar-refractivity contribution in [1.82, 2.24) is 4.98 Å². The van der Waals surface area contributed by atoms with Crippen LogP contribution in [0, 0.1) is 6.92 Å². The van der Waals surface area contributed by atoms with Gasteiger partial charge in [0.2, 0.25) is 0 Å². The van der Waals surface area contributed by atoms with Crippen LogP contribution in [0.15, 0.2) is 36.5 Å². The molecule has 6 nitrogen and oxygen atoms in total. The van der Waals surface area contributed by atoms with Crippen molar-refractivity contribution in [3.63, 3.8) is 0 Å². The summed E-state index contributed by atoms with van der Waals surface area (Å²) in [5.41, 5.74) is 7.02. The molecule has 1 aromatic carbocycles. The van der Waals surface area contributed by atoms with Crippen LogP contribution in [0.3, 0.4) is 0 Å². The Balaban J connectivity index is 2.19. The number of aryl methyl sites for hydroxylation is 1. The lowest BCUT2D eigenvalue weighted by Crippen LogP contribution is -2.22. The van der Waals surface area contributed by atoms with Gasteiger partial charge in [-0.3, -0.25) is 10.1 Å². The predicted molar refractivity (Wildman–Crippen MR) is 73.1 cm³/mol. The first-order chi connectivity index (χ1) is 9.08. The van der Waals surface area contributed by atoms with Crippen LogP contribution in [0.1, 0.15) is 15.9 Å². The number of aromatic amines is 1. The van der Waals surface area contributed by atoms with Gasteiger partial charge in [0, 0.05) is 11.9 Å². The molecule has 3 amide bonds. The number of nitrogens with one attached hydrogen (secondary N) is 3. The van der Waals surface area contributed by atoms with E-state index in [9.17, 15) is 9.59 Å². The Kier molecular flexibility index (Phi) is 3.51. The number of urea groups is 1. The Morgan fingerprint density at radius 1 is 1.16 bits per heavy atom. The zero-order valence-corrected chi connectivity index (χ0v) is 10.4. The first kappa shape index (κ1) is 12.7. The Bertz CT molecular complexity index is 619. The largest absolute Gasteiger partial charge is 0.351 e. The maximum absolute atomic E-state index is 12.1. The Hall–Kier alpha value is -2.76. The summed E-state index contributed by atoms with van der Waals surface area (Å²) in [6, 6.07) is 8.27. The number of primary amides is 1. The standard InChI is InChI=1S/C13H14N4O2/c1-8-4-2-3-5-10(8)16-12(18)9-6-7-15-11(9)17-13(14)19/h2-7,15H,1H3,(H,16,18)(H3,14,17,19). The van der Waals surface area contributed by atoms with Gasteiger partial charge < -0.3 is 16.0 Å². The number of benzene rings is 1. The SMILES string of the molecule is Cc1ccccc1NC(=O)c1cc[nH]c1NC(N)=O. The van der Waals surface area contributed by atoms with Gasteiger partial charge in [0.05, 0.1) is 5.56 Å². The summed E-state index contributed by atoms with van der Waals surface area (Å²) in [6.07, 6.45) is 1.55. The molecular weight excluding hydrogens is 244 g/mol. The maximum Gasteiger partial charge on any atom is 0.317 e. The molecule has 6 heteroatoms. The lowest BCUT2D eigenvalue weighted by molar-refractivity contribution is 0.102. The molecule has 0 aliphatic rings. The van der Waals surface area contributed by atoms with E-state index in [1.165, 1.54) is 0 Å². The van der Waals surface area contributed by atoms with Crippen LogP contribution >= 0.6 is 0 Å². The van der Waals surface area contributed by atoms with Crippen molar-refractivity contribution in [3.8, 4) is 0 Å². The summed E-state index contributed by atoms with van der Waals surface area (Å²) >= 11 is 0. The Morgan fingerprint density at radius 3 is 2.58 bits per heavy atom. The highest BCUT2D eigenvalue weighted by atomic mass is 16.2. The number of para-hydroxylation sites is 1. The molecule has 0 aliphatic heterocycles. The molecule has 0 fully saturated rings. The molecule has 0 saturated carbocycles. The van der Waals surface area contributed by atoms with Gasteiger partial charge in [-0.15, -0.1) is 0 Å². The van der Waals surface area contributed by atoms with Crippen LogP contribution in [-0.2, 0) is 0 Å². The minimum absolute atomic E-state index is 0.276. The molecule has 0 saturated heterocycles. The fraction of sp³-hybridized carbons (Fsp3) is 0.0769. The second-order valence-corrected chi connectivity index (χ2v) is 4.02. The fourth-order valence-electron chi connectivity index (χ4n) is 1.69.